The van der Waals surface area contributed by atoms with Crippen LogP contribution in [0.5, 0.6) is 5.75 Å². The van der Waals surface area contributed by atoms with Crippen molar-refractivity contribution in [3.8, 4) is 5.75 Å². The number of aromatic hydroxyl groups is 1. The molecule has 0 spiro atoms. The number of nitrogens with one attached hydrogen (secondary N) is 4. The number of hydrogen-bond acceptors (Lipinski definition) is 11. The lowest BCUT2D eigenvalue weighted by Crippen LogP contribution is -2.54. The van der Waals surface area contributed by atoms with Crippen LogP contribution in [0.4, 0.5) is 10.5 Å². The Morgan fingerprint density at radius 2 is 1.67 bits per heavy atom. The van der Waals surface area contributed by atoms with E-state index < -0.39 is 36.2 Å². The number of amides is 5. The van der Waals surface area contributed by atoms with Gasteiger partial charge in [0.15, 0.2) is 0 Å². The van der Waals surface area contributed by atoms with Gasteiger partial charge >= 0.3 is 12.0 Å². The summed E-state index contributed by atoms with van der Waals surface area (Å²) in [5.41, 5.74) is 5.79. The molecule has 0 aliphatic carbocycles. The number of ether oxygens (including phenoxy) is 2. The van der Waals surface area contributed by atoms with Crippen molar-refractivity contribution in [3.05, 3.63) is 23.8 Å². The molecule has 5 amide bonds. The number of carbonyl (C=O) groups is 5. The van der Waals surface area contributed by atoms with E-state index in [1.807, 2.05) is 34.6 Å². The number of carbonyl (C=O) groups excluding carboxylic acids is 5. The van der Waals surface area contributed by atoms with Gasteiger partial charge in [0.25, 0.3) is 0 Å². The number of nitrogens with zero attached hydrogens (tertiary/aromatic N) is 1. The van der Waals surface area contributed by atoms with Gasteiger partial charge in [-0.05, 0) is 49.8 Å². The predicted molar refractivity (Wildman–Crippen MR) is 198 cm³/mol. The molecule has 16 heteroatoms. The van der Waals surface area contributed by atoms with Gasteiger partial charge in [-0.2, -0.15) is 0 Å². The van der Waals surface area contributed by atoms with Crippen molar-refractivity contribution in [2.75, 3.05) is 38.2 Å². The molecule has 1 aromatic rings. The Morgan fingerprint density at radius 3 is 2.10 bits per heavy atom. The number of phenolic OH excluding ortho intramolecular Hbond substituents is 1. The molecular weight excluding hydrogens is 676 g/mol. The SMILES string of the molecule is CC(C)NC(C(=O)NC(CCCNC(N)=O)C(=O)Nc1ccc(COC(=O)C(C)C)cc1O)C(C)C.CCCN(C=O)CC.OC1COCC(O)C1. The molecule has 0 saturated carbocycles. The smallest absolute Gasteiger partial charge is 0.312 e. The minimum Gasteiger partial charge on any atom is -0.506 e. The molecule has 0 radical (unpaired) electrons. The third-order valence-electron chi connectivity index (χ3n) is 7.47. The van der Waals surface area contributed by atoms with Crippen LogP contribution in [0.3, 0.4) is 0 Å². The molecule has 9 N–H and O–H groups in total. The molecule has 16 nitrogen and oxygen atoms in total. The van der Waals surface area contributed by atoms with E-state index in [4.69, 9.17) is 25.4 Å². The van der Waals surface area contributed by atoms with Gasteiger partial charge < -0.3 is 56.7 Å². The largest absolute Gasteiger partial charge is 0.506 e. The number of benzene rings is 1. The number of urea groups is 1. The average Bonchev–Trinajstić information content (AvgIpc) is 3.07. The standard InChI is InChI=1S/C25H41N5O6.C6H13NO.C5H10O3/c1-14(2)21(28-16(5)6)23(33)30-19(8-7-11-27-25(26)35)22(32)29-18-10-9-17(12-20(18)31)13-36-24(34)15(3)4;1-3-5-7(4-2)6-8;6-4-1-5(7)3-8-2-4/h9-10,12,14-16,19,21,28,31H,7-8,11,13H2,1-6H3,(H,29,32)(H,30,33)(H3,26,27,35);6H,3-5H2,1-2H3;4-7H,1-3H2. The van der Waals surface area contributed by atoms with Crippen molar-refractivity contribution in [2.24, 2.45) is 17.6 Å². The number of primary amides is 1. The molecule has 0 bridgehead atoms. The van der Waals surface area contributed by atoms with Gasteiger partial charge in [0, 0.05) is 32.1 Å². The van der Waals surface area contributed by atoms with Crippen LogP contribution in [0.15, 0.2) is 18.2 Å². The van der Waals surface area contributed by atoms with Crippen LogP contribution in [0.25, 0.3) is 0 Å². The Bertz CT molecular complexity index is 1210. The van der Waals surface area contributed by atoms with Gasteiger partial charge in [-0.25, -0.2) is 4.79 Å². The molecule has 2 rings (SSSR count). The van der Waals surface area contributed by atoms with Gasteiger partial charge in [0.2, 0.25) is 18.2 Å². The number of hydrogen-bond donors (Lipinski definition) is 8. The molecule has 1 heterocycles. The van der Waals surface area contributed by atoms with Gasteiger partial charge in [0.05, 0.1) is 43.1 Å². The summed E-state index contributed by atoms with van der Waals surface area (Å²) in [7, 11) is 0. The van der Waals surface area contributed by atoms with E-state index in [0.717, 1.165) is 25.9 Å². The third kappa shape index (κ3) is 21.4. The summed E-state index contributed by atoms with van der Waals surface area (Å²) in [4.78, 5) is 60.5. The van der Waals surface area contributed by atoms with Crippen LogP contribution in [0, 0.1) is 11.8 Å². The Kier molecular flexibility index (Phi) is 24.7. The van der Waals surface area contributed by atoms with Crippen molar-refractivity contribution < 1.29 is 48.8 Å². The lowest BCUT2D eigenvalue weighted by Gasteiger charge is -2.27. The van der Waals surface area contributed by atoms with Crippen LogP contribution in [-0.2, 0) is 35.3 Å². The molecule has 1 aliphatic rings. The Balaban J connectivity index is 0.00000132. The van der Waals surface area contributed by atoms with Crippen molar-refractivity contribution in [1.29, 1.82) is 0 Å². The zero-order chi connectivity index (χ0) is 39.8. The Hall–Kier alpha value is -3.99. The second-order valence-electron chi connectivity index (χ2n) is 13.5. The van der Waals surface area contributed by atoms with E-state index in [2.05, 4.69) is 28.2 Å². The highest BCUT2D eigenvalue weighted by atomic mass is 16.5. The minimum atomic E-state index is -0.923. The summed E-state index contributed by atoms with van der Waals surface area (Å²) in [6.45, 7) is 17.8. The highest BCUT2D eigenvalue weighted by molar-refractivity contribution is 5.98. The number of anilines is 1. The molecule has 1 aliphatic heterocycles. The maximum atomic E-state index is 13.1. The fourth-order valence-corrected chi connectivity index (χ4v) is 4.65. The van der Waals surface area contributed by atoms with E-state index in [1.54, 1.807) is 24.8 Å². The van der Waals surface area contributed by atoms with Crippen LogP contribution < -0.4 is 27.0 Å². The normalized spacial score (nSPS) is 16.3. The molecule has 4 unspecified atom stereocenters. The summed E-state index contributed by atoms with van der Waals surface area (Å²) < 4.78 is 9.95. The number of nitrogens with two attached hydrogens (primary N) is 1. The van der Waals surface area contributed by atoms with Crippen molar-refractivity contribution in [2.45, 2.75) is 118 Å². The van der Waals surface area contributed by atoms with E-state index >= 15 is 0 Å². The number of aliphatic hydroxyl groups excluding tert-OH is 2. The number of esters is 1. The topological polar surface area (TPSA) is 242 Å². The Labute approximate surface area is 308 Å². The first-order valence-corrected chi connectivity index (χ1v) is 18.0. The predicted octanol–water partition coefficient (Wildman–Crippen LogP) is 1.99. The van der Waals surface area contributed by atoms with E-state index in [1.165, 1.54) is 12.1 Å². The van der Waals surface area contributed by atoms with Crippen LogP contribution in [0.1, 0.15) is 86.6 Å². The number of phenols is 1. The minimum absolute atomic E-state index is 0.0101. The summed E-state index contributed by atoms with van der Waals surface area (Å²) in [5.74, 6) is -1.70. The van der Waals surface area contributed by atoms with Crippen molar-refractivity contribution >= 4 is 35.9 Å². The molecular formula is C36H64N6O10. The second kappa shape index (κ2) is 26.7. The van der Waals surface area contributed by atoms with E-state index in [9.17, 15) is 29.1 Å². The van der Waals surface area contributed by atoms with Crippen LogP contribution in [0.2, 0.25) is 0 Å². The lowest BCUT2D eigenvalue weighted by molar-refractivity contribution is -0.148. The zero-order valence-corrected chi connectivity index (χ0v) is 32.1. The fraction of sp³-hybridized carbons (Fsp3) is 0.694. The van der Waals surface area contributed by atoms with E-state index in [-0.39, 0.29) is 60.8 Å². The maximum absolute atomic E-state index is 13.1. The van der Waals surface area contributed by atoms with Gasteiger partial charge in [-0.1, -0.05) is 54.5 Å². The van der Waals surface area contributed by atoms with Crippen molar-refractivity contribution in [1.82, 2.24) is 20.9 Å². The summed E-state index contributed by atoms with van der Waals surface area (Å²) in [5, 5.41) is 39.1. The second-order valence-corrected chi connectivity index (χ2v) is 13.5. The third-order valence-corrected chi connectivity index (χ3v) is 7.47. The number of aliphatic hydroxyl groups is 2. The quantitative estimate of drug-likeness (QED) is 0.0468. The monoisotopic (exact) mass is 740 g/mol. The van der Waals surface area contributed by atoms with Crippen molar-refractivity contribution in [3.63, 3.8) is 0 Å². The molecule has 4 atom stereocenters. The average molecular weight is 741 g/mol. The highest BCUT2D eigenvalue weighted by Crippen LogP contribution is 2.25. The number of rotatable bonds is 18. The summed E-state index contributed by atoms with van der Waals surface area (Å²) >= 11 is 0. The molecule has 1 fully saturated rings. The fourth-order valence-electron chi connectivity index (χ4n) is 4.65. The summed E-state index contributed by atoms with van der Waals surface area (Å²) in [6, 6.07) is 2.47. The Morgan fingerprint density at radius 1 is 1.04 bits per heavy atom. The van der Waals surface area contributed by atoms with Gasteiger partial charge in [-0.3, -0.25) is 19.2 Å². The maximum Gasteiger partial charge on any atom is 0.312 e. The van der Waals surface area contributed by atoms with Gasteiger partial charge in [-0.15, -0.1) is 0 Å². The molecule has 1 aromatic carbocycles. The van der Waals surface area contributed by atoms with Crippen LogP contribution in [-0.4, -0.2) is 114 Å². The molecule has 52 heavy (non-hydrogen) atoms. The van der Waals surface area contributed by atoms with Gasteiger partial charge in [0.1, 0.15) is 18.4 Å². The first kappa shape index (κ1) is 48.0. The molecule has 298 valence electrons. The first-order chi connectivity index (χ1) is 24.4. The lowest BCUT2D eigenvalue weighted by atomic mass is 10.0. The zero-order valence-electron chi connectivity index (χ0n) is 32.1. The summed E-state index contributed by atoms with van der Waals surface area (Å²) in [6.07, 6.45) is 2.10. The highest BCUT2D eigenvalue weighted by Gasteiger charge is 2.28. The van der Waals surface area contributed by atoms with Crippen LogP contribution >= 0.6 is 0 Å². The molecule has 0 aromatic heterocycles. The first-order valence-electron chi connectivity index (χ1n) is 18.0. The van der Waals surface area contributed by atoms with E-state index in [0.29, 0.717) is 31.6 Å². The molecule has 1 saturated heterocycles.